The first kappa shape index (κ1) is 20.9. The molecule has 5 nitrogen and oxygen atoms in total. The molecular weight excluding hydrogens is 421 g/mol. The first-order valence-corrected chi connectivity index (χ1v) is 12.4. The van der Waals surface area contributed by atoms with Crippen LogP contribution < -0.4 is 15.9 Å². The van der Waals surface area contributed by atoms with Gasteiger partial charge in [0.15, 0.2) is 18.3 Å². The minimum atomic E-state index is -3.26. The third-order valence-corrected chi connectivity index (χ3v) is 10.5. The molecule has 0 radical (unpaired) electrons. The number of Topliss-reactive ketones (excluding diaryl/α,β-unsaturated/α-hetero) is 1. The van der Waals surface area contributed by atoms with Crippen LogP contribution in [0.4, 0.5) is 0 Å². The van der Waals surface area contributed by atoms with Gasteiger partial charge in [0, 0.05) is 17.0 Å². The minimum Gasteiger partial charge on any atom is -0.468 e. The average molecular weight is 445 g/mol. The molecule has 32 heavy (non-hydrogen) atoms. The number of hydrogen-bond acceptors (Lipinski definition) is 5. The molecule has 2 unspecified atom stereocenters. The fraction of sp³-hybridized carbons (Fsp3) is 0.231. The van der Waals surface area contributed by atoms with E-state index in [1.165, 1.54) is 7.11 Å². The second-order valence-electron chi connectivity index (χ2n) is 8.58. The van der Waals surface area contributed by atoms with Crippen molar-refractivity contribution in [1.29, 1.82) is 0 Å². The number of hydrogen-bond donors (Lipinski definition) is 1. The number of nitrogens with one attached hydrogen (secondary N) is 1. The number of fused-ring (bicyclic) bond motifs is 1. The van der Waals surface area contributed by atoms with E-state index < -0.39 is 29.8 Å². The average Bonchev–Trinajstić information content (AvgIpc) is 3.44. The molecular formula is C26H24NO4P. The van der Waals surface area contributed by atoms with Crippen molar-refractivity contribution in [2.24, 2.45) is 0 Å². The van der Waals surface area contributed by atoms with Crippen molar-refractivity contribution >= 4 is 29.5 Å². The molecule has 6 heteroatoms. The first-order valence-electron chi connectivity index (χ1n) is 10.6. The summed E-state index contributed by atoms with van der Waals surface area (Å²) in [6, 6.07) is 26.0. The van der Waals surface area contributed by atoms with E-state index >= 15 is 0 Å². The van der Waals surface area contributed by atoms with Gasteiger partial charge in [-0.3, -0.25) is 14.9 Å². The standard InChI is InChI=1S/C26H24NO4P/c1-25(26(24(29)31-2)21-16-10-9-11-18(21)17-22(26)28)23(27-25)32(30,19-12-5-3-6-13-19)20-14-7-4-8-15-20/h3-16,23,27H,17H2,1-2H3/t23-,25?,26?/m0/s1. The first-order chi connectivity index (χ1) is 15.4. The van der Waals surface area contributed by atoms with E-state index in [1.807, 2.05) is 91.9 Å². The van der Waals surface area contributed by atoms with E-state index in [1.54, 1.807) is 0 Å². The molecule has 1 aliphatic heterocycles. The summed E-state index contributed by atoms with van der Waals surface area (Å²) >= 11 is 0. The van der Waals surface area contributed by atoms with Crippen LogP contribution in [0.1, 0.15) is 18.1 Å². The molecule has 1 aliphatic carbocycles. The van der Waals surface area contributed by atoms with Gasteiger partial charge < -0.3 is 9.30 Å². The second kappa shape index (κ2) is 7.26. The van der Waals surface area contributed by atoms with E-state index in [2.05, 4.69) is 5.32 Å². The predicted molar refractivity (Wildman–Crippen MR) is 124 cm³/mol. The van der Waals surface area contributed by atoms with Crippen LogP contribution in [-0.4, -0.2) is 30.2 Å². The van der Waals surface area contributed by atoms with Gasteiger partial charge in [0.25, 0.3) is 0 Å². The van der Waals surface area contributed by atoms with Crippen molar-refractivity contribution in [2.75, 3.05) is 7.11 Å². The molecule has 1 fully saturated rings. The van der Waals surface area contributed by atoms with E-state index in [0.717, 1.165) is 5.56 Å². The number of rotatable bonds is 5. The van der Waals surface area contributed by atoms with Gasteiger partial charge in [0.1, 0.15) is 0 Å². The van der Waals surface area contributed by atoms with Gasteiger partial charge in [-0.1, -0.05) is 84.9 Å². The number of carbonyl (C=O) groups is 2. The van der Waals surface area contributed by atoms with Crippen molar-refractivity contribution in [1.82, 2.24) is 5.32 Å². The van der Waals surface area contributed by atoms with Gasteiger partial charge in [-0.15, -0.1) is 0 Å². The Balaban J connectivity index is 1.72. The second-order valence-corrected chi connectivity index (χ2v) is 11.4. The molecule has 3 aromatic carbocycles. The normalized spacial score (nSPS) is 26.4. The number of esters is 1. The summed E-state index contributed by atoms with van der Waals surface area (Å²) in [5.41, 5.74) is -1.17. The summed E-state index contributed by atoms with van der Waals surface area (Å²) in [7, 11) is -1.96. The van der Waals surface area contributed by atoms with Crippen LogP contribution in [0.2, 0.25) is 0 Å². The summed E-state index contributed by atoms with van der Waals surface area (Å²) in [4.78, 5) is 26.9. The maximum Gasteiger partial charge on any atom is 0.325 e. The molecule has 5 rings (SSSR count). The molecule has 0 saturated carbocycles. The van der Waals surface area contributed by atoms with Crippen molar-refractivity contribution < 1.29 is 18.9 Å². The number of methoxy groups -OCH3 is 1. The summed E-state index contributed by atoms with van der Waals surface area (Å²) in [6.07, 6.45) is 0.149. The topological polar surface area (TPSA) is 82.4 Å². The highest BCUT2D eigenvalue weighted by molar-refractivity contribution is 7.79. The molecule has 2 aliphatic rings. The largest absolute Gasteiger partial charge is 0.468 e. The van der Waals surface area contributed by atoms with Gasteiger partial charge in [-0.2, -0.15) is 0 Å². The minimum absolute atomic E-state index is 0.149. The molecule has 0 spiro atoms. The van der Waals surface area contributed by atoms with Crippen LogP contribution >= 0.6 is 7.14 Å². The highest BCUT2D eigenvalue weighted by Crippen LogP contribution is 2.64. The summed E-state index contributed by atoms with van der Waals surface area (Å²) in [5.74, 6) is -1.44. The monoisotopic (exact) mass is 445 g/mol. The van der Waals surface area contributed by atoms with Crippen molar-refractivity contribution in [3.05, 3.63) is 96.1 Å². The third-order valence-electron chi connectivity index (χ3n) is 7.00. The van der Waals surface area contributed by atoms with Crippen molar-refractivity contribution in [2.45, 2.75) is 30.1 Å². The highest BCUT2D eigenvalue weighted by atomic mass is 31.2. The Labute approximate surface area is 187 Å². The van der Waals surface area contributed by atoms with Crippen LogP contribution in [0.3, 0.4) is 0 Å². The van der Waals surface area contributed by atoms with Crippen molar-refractivity contribution in [3.63, 3.8) is 0 Å². The molecule has 1 N–H and O–H groups in total. The molecule has 3 aromatic rings. The molecule has 1 saturated heterocycles. The third kappa shape index (κ3) is 2.58. The van der Waals surface area contributed by atoms with E-state index in [0.29, 0.717) is 16.2 Å². The zero-order valence-electron chi connectivity index (χ0n) is 17.9. The zero-order chi connectivity index (χ0) is 22.6. The van der Waals surface area contributed by atoms with Gasteiger partial charge in [-0.25, -0.2) is 0 Å². The van der Waals surface area contributed by atoms with Crippen LogP contribution in [-0.2, 0) is 30.7 Å². The summed E-state index contributed by atoms with van der Waals surface area (Å²) in [6.45, 7) is 1.83. The maximum absolute atomic E-state index is 14.9. The molecule has 3 atom stereocenters. The lowest BCUT2D eigenvalue weighted by atomic mass is 9.70. The number of ketones is 1. The van der Waals surface area contributed by atoms with E-state index in [9.17, 15) is 14.2 Å². The van der Waals surface area contributed by atoms with Crippen LogP contribution in [0.5, 0.6) is 0 Å². The highest BCUT2D eigenvalue weighted by Gasteiger charge is 2.77. The van der Waals surface area contributed by atoms with Gasteiger partial charge in [0.05, 0.1) is 18.4 Å². The van der Waals surface area contributed by atoms with E-state index in [4.69, 9.17) is 4.74 Å². The lowest BCUT2D eigenvalue weighted by molar-refractivity contribution is -0.152. The summed E-state index contributed by atoms with van der Waals surface area (Å²) < 4.78 is 20.1. The molecule has 1 heterocycles. The Hall–Kier alpha value is -3.01. The number of benzene rings is 3. The Bertz CT molecular complexity index is 1210. The van der Waals surface area contributed by atoms with Crippen LogP contribution in [0.15, 0.2) is 84.9 Å². The molecule has 0 bridgehead atoms. The summed E-state index contributed by atoms with van der Waals surface area (Å²) in [5, 5.41) is 4.74. The van der Waals surface area contributed by atoms with Gasteiger partial charge >= 0.3 is 5.97 Å². The SMILES string of the molecule is COC(=O)C1(C2(C)N[C@H]2P(=O)(c2ccccc2)c2ccccc2)C(=O)Cc2ccccc21. The molecule has 0 aromatic heterocycles. The number of carbonyl (C=O) groups excluding carboxylic acids is 2. The van der Waals surface area contributed by atoms with Gasteiger partial charge in [-0.05, 0) is 18.1 Å². The van der Waals surface area contributed by atoms with Gasteiger partial charge in [0.2, 0.25) is 0 Å². The van der Waals surface area contributed by atoms with Crippen LogP contribution in [0, 0.1) is 0 Å². The van der Waals surface area contributed by atoms with Crippen LogP contribution in [0.25, 0.3) is 0 Å². The fourth-order valence-electron chi connectivity index (χ4n) is 5.41. The Morgan fingerprint density at radius 2 is 1.47 bits per heavy atom. The number of ether oxygens (including phenoxy) is 1. The molecule has 0 amide bonds. The Morgan fingerprint density at radius 1 is 0.938 bits per heavy atom. The fourth-order valence-corrected chi connectivity index (χ4v) is 8.91. The smallest absolute Gasteiger partial charge is 0.325 e. The Morgan fingerprint density at radius 3 is 2.03 bits per heavy atom. The lowest BCUT2D eigenvalue weighted by Crippen LogP contribution is -2.55. The zero-order valence-corrected chi connectivity index (χ0v) is 18.8. The van der Waals surface area contributed by atoms with E-state index in [-0.39, 0.29) is 12.2 Å². The van der Waals surface area contributed by atoms with Crippen molar-refractivity contribution in [3.8, 4) is 0 Å². The lowest BCUT2D eigenvalue weighted by Gasteiger charge is -2.33. The molecule has 162 valence electrons. The maximum atomic E-state index is 14.9. The quantitative estimate of drug-likeness (QED) is 0.283. The Kier molecular flexibility index (Phi) is 4.74. The predicted octanol–water partition coefficient (Wildman–Crippen LogP) is 2.92.